The number of anilines is 2. The molecule has 170 valence electrons. The Kier molecular flexibility index (Phi) is 4.76. The van der Waals surface area contributed by atoms with Crippen LogP contribution in [0.5, 0.6) is 0 Å². The van der Waals surface area contributed by atoms with Crippen LogP contribution in [0.1, 0.15) is 27.7 Å². The highest BCUT2D eigenvalue weighted by atomic mass is 16.4. The largest absolute Gasteiger partial charge is 0.456 e. The second-order valence-corrected chi connectivity index (χ2v) is 8.61. The average molecular weight is 451 g/mol. The van der Waals surface area contributed by atoms with Crippen molar-refractivity contribution in [2.45, 2.75) is 27.7 Å². The molecule has 0 N–H and O–H groups in total. The van der Waals surface area contributed by atoms with Crippen molar-refractivity contribution < 1.29 is 13.3 Å². The summed E-state index contributed by atoms with van der Waals surface area (Å²) in [4.78, 5) is 8.49. The van der Waals surface area contributed by atoms with E-state index < -0.39 is 0 Å². The third kappa shape index (κ3) is 2.85. The average Bonchev–Trinajstić information content (AvgIpc) is 2.84. The first-order valence-corrected chi connectivity index (χ1v) is 12.0. The molecule has 0 aliphatic heterocycles. The number of hydrogen-bond donors (Lipinski definition) is 0. The van der Waals surface area contributed by atoms with E-state index in [9.17, 15) is 0 Å². The monoisotopic (exact) mass is 451 g/mol. The van der Waals surface area contributed by atoms with E-state index in [4.69, 9.17) is 21.2 Å². The van der Waals surface area contributed by atoms with Gasteiger partial charge in [0.25, 0.3) is 7.98 Å². The van der Waals surface area contributed by atoms with Crippen LogP contribution in [0.2, 0.25) is 0 Å². The van der Waals surface area contributed by atoms with E-state index in [2.05, 4.69) is 66.7 Å². The van der Waals surface area contributed by atoms with Gasteiger partial charge < -0.3 is 28.0 Å². The molecule has 2 radical (unpaired) electrons. The predicted octanol–water partition coefficient (Wildman–Crippen LogP) is 6.35. The zero-order valence-corrected chi connectivity index (χ0v) is 19.9. The van der Waals surface area contributed by atoms with Gasteiger partial charge in [-0.1, -0.05) is 0 Å². The minimum Gasteiger partial charge on any atom is -0.456 e. The van der Waals surface area contributed by atoms with E-state index in [1.807, 2.05) is 12.1 Å². The van der Waals surface area contributed by atoms with E-state index in [1.165, 1.54) is 0 Å². The second-order valence-electron chi connectivity index (χ2n) is 8.61. The summed E-state index contributed by atoms with van der Waals surface area (Å²) in [5, 5.41) is 4.55. The lowest BCUT2D eigenvalue weighted by Gasteiger charge is -2.24. The molecule has 6 nitrogen and oxygen atoms in total. The van der Waals surface area contributed by atoms with Gasteiger partial charge in [-0.05, 0) is 27.7 Å². The Balaban J connectivity index is 1.87. The zero-order valence-electron chi connectivity index (χ0n) is 19.9. The number of rotatable bonds is 6. The molecule has 0 aliphatic rings. The molecule has 0 saturated carbocycles. The lowest BCUT2D eigenvalue weighted by molar-refractivity contribution is 0.634. The normalized spacial score (nSPS) is 12.1. The van der Waals surface area contributed by atoms with Crippen molar-refractivity contribution in [3.8, 4) is 0 Å². The summed E-state index contributed by atoms with van der Waals surface area (Å²) in [5.41, 5.74) is 6.67. The molecule has 0 unspecified atom stereocenters. The van der Waals surface area contributed by atoms with Crippen molar-refractivity contribution in [1.82, 2.24) is 0 Å². The Morgan fingerprint density at radius 2 is 0.882 bits per heavy atom. The predicted molar refractivity (Wildman–Crippen MR) is 140 cm³/mol. The van der Waals surface area contributed by atoms with Gasteiger partial charge in [-0.3, -0.25) is 0 Å². The fraction of sp³-hybridized carbons (Fsp3) is 0.296. The fourth-order valence-corrected chi connectivity index (χ4v) is 5.30. The molecule has 0 bridgehead atoms. The summed E-state index contributed by atoms with van der Waals surface area (Å²) in [5.74, 6) is 0. The van der Waals surface area contributed by atoms with Gasteiger partial charge in [0.15, 0.2) is 0 Å². The standard InChI is InChI=1S/C27H26BN3O3/c1-5-30(6-2)16-11-20-25-22(13-16)34-23-14-17(31(7-3)8-4)12-21-26(23)27(25)24-18(32-20)9-15(29-28)10-19(24)33-21/h9-14H,5-8H2,1-4H3. The molecule has 6 aromatic rings. The molecule has 7 heteroatoms. The summed E-state index contributed by atoms with van der Waals surface area (Å²) in [6.45, 7) is 12.2. The van der Waals surface area contributed by atoms with Crippen LogP contribution in [0.4, 0.5) is 11.4 Å². The Morgan fingerprint density at radius 3 is 1.18 bits per heavy atom. The molecular formula is C27H26BN3O3. The van der Waals surface area contributed by atoms with Gasteiger partial charge in [0, 0.05) is 84.7 Å². The zero-order chi connectivity index (χ0) is 23.6. The van der Waals surface area contributed by atoms with Crippen molar-refractivity contribution in [3.63, 3.8) is 0 Å². The maximum atomic E-state index is 6.58. The van der Waals surface area contributed by atoms with Crippen molar-refractivity contribution >= 4 is 74.4 Å². The van der Waals surface area contributed by atoms with Crippen LogP contribution in [0.15, 0.2) is 54.6 Å². The summed E-state index contributed by atoms with van der Waals surface area (Å²) >= 11 is 0. The molecular weight excluding hydrogens is 425 g/mol. The number of benzene rings is 3. The number of nitrogens with zero attached hydrogens (tertiary/aromatic N) is 3. The molecule has 0 saturated heterocycles. The summed E-state index contributed by atoms with van der Waals surface area (Å²) in [6, 6.07) is 12.2. The molecule has 3 aromatic carbocycles. The molecule has 0 fully saturated rings. The van der Waals surface area contributed by atoms with E-state index >= 15 is 0 Å². The van der Waals surface area contributed by atoms with Gasteiger partial charge in [-0.2, -0.15) is 0 Å². The maximum Gasteiger partial charge on any atom is 0.260 e. The quantitative estimate of drug-likeness (QED) is 0.168. The van der Waals surface area contributed by atoms with Crippen LogP contribution >= 0.6 is 0 Å². The smallest absolute Gasteiger partial charge is 0.260 e. The van der Waals surface area contributed by atoms with E-state index in [0.717, 1.165) is 81.4 Å². The minimum atomic E-state index is 0.605. The molecule has 6 rings (SSSR count). The van der Waals surface area contributed by atoms with Crippen LogP contribution in [0, 0.1) is 0 Å². The maximum absolute atomic E-state index is 6.58. The summed E-state index contributed by atoms with van der Waals surface area (Å²) in [6.07, 6.45) is 0. The Labute approximate surface area is 198 Å². The molecule has 0 amide bonds. The second kappa shape index (κ2) is 7.72. The van der Waals surface area contributed by atoms with E-state index in [0.29, 0.717) is 16.5 Å². The molecule has 0 aliphatic carbocycles. The van der Waals surface area contributed by atoms with Crippen LogP contribution in [-0.2, 0) is 0 Å². The van der Waals surface area contributed by atoms with Crippen LogP contribution in [0.3, 0.4) is 0 Å². The van der Waals surface area contributed by atoms with Crippen molar-refractivity contribution in [1.29, 1.82) is 0 Å². The van der Waals surface area contributed by atoms with Crippen molar-refractivity contribution in [2.24, 2.45) is 4.90 Å². The summed E-state index contributed by atoms with van der Waals surface area (Å²) in [7, 11) is 5.66. The molecule has 0 atom stereocenters. The highest BCUT2D eigenvalue weighted by molar-refractivity contribution is 6.32. The van der Waals surface area contributed by atoms with Gasteiger partial charge >= 0.3 is 0 Å². The molecule has 3 aromatic heterocycles. The van der Waals surface area contributed by atoms with Crippen molar-refractivity contribution in [2.75, 3.05) is 36.0 Å². The highest BCUT2D eigenvalue weighted by Crippen LogP contribution is 2.45. The minimum absolute atomic E-state index is 0.605. The topological polar surface area (TPSA) is 58.3 Å². The Hall–Kier alpha value is -3.61. The SMILES string of the molecule is [B]N=c1cc2oc3cc(N(CC)CC)cc4oc5cc(N(CC)CC)cc6oc(c1)c2c(c43)c56. The van der Waals surface area contributed by atoms with Gasteiger partial charge in [0.1, 0.15) is 33.5 Å². The molecule has 0 spiro atoms. The lowest BCUT2D eigenvalue weighted by Crippen LogP contribution is -2.21. The third-order valence-electron chi connectivity index (χ3n) is 6.97. The van der Waals surface area contributed by atoms with Crippen LogP contribution in [-0.4, -0.2) is 34.2 Å². The summed E-state index contributed by atoms with van der Waals surface area (Å²) < 4.78 is 19.5. The number of hydrogen-bond acceptors (Lipinski definition) is 6. The van der Waals surface area contributed by atoms with Crippen LogP contribution in [0.25, 0.3) is 55.0 Å². The fourth-order valence-electron chi connectivity index (χ4n) is 5.30. The third-order valence-corrected chi connectivity index (χ3v) is 6.97. The first-order chi connectivity index (χ1) is 16.6. The van der Waals surface area contributed by atoms with Gasteiger partial charge in [-0.25, -0.2) is 0 Å². The first-order valence-electron chi connectivity index (χ1n) is 12.0. The van der Waals surface area contributed by atoms with Gasteiger partial charge in [0.05, 0.1) is 16.2 Å². The highest BCUT2D eigenvalue weighted by Gasteiger charge is 2.23. The van der Waals surface area contributed by atoms with Crippen molar-refractivity contribution in [3.05, 3.63) is 41.8 Å². The van der Waals surface area contributed by atoms with E-state index in [1.54, 1.807) is 0 Å². The lowest BCUT2D eigenvalue weighted by atomic mass is 9.98. The Bertz CT molecular complexity index is 1620. The first kappa shape index (κ1) is 21.0. The Morgan fingerprint density at radius 1 is 0.559 bits per heavy atom. The van der Waals surface area contributed by atoms with Crippen LogP contribution < -0.4 is 15.2 Å². The molecule has 34 heavy (non-hydrogen) atoms. The van der Waals surface area contributed by atoms with Gasteiger partial charge in [0.2, 0.25) is 0 Å². The molecule has 3 heterocycles. The van der Waals surface area contributed by atoms with Gasteiger partial charge in [-0.15, -0.1) is 0 Å². The van der Waals surface area contributed by atoms with E-state index in [-0.39, 0.29) is 0 Å².